The predicted octanol–water partition coefficient (Wildman–Crippen LogP) is 1.17. The van der Waals surface area contributed by atoms with E-state index in [-0.39, 0.29) is 12.3 Å². The molecule has 0 aliphatic heterocycles. The van der Waals surface area contributed by atoms with Gasteiger partial charge in [0.25, 0.3) is 0 Å². The van der Waals surface area contributed by atoms with Crippen molar-refractivity contribution in [3.63, 3.8) is 0 Å². The van der Waals surface area contributed by atoms with Crippen LogP contribution in [0, 0.1) is 11.3 Å². The Labute approximate surface area is 125 Å². The van der Waals surface area contributed by atoms with Gasteiger partial charge in [-0.15, -0.1) is 0 Å². The van der Waals surface area contributed by atoms with Crippen LogP contribution in [-0.2, 0) is 11.3 Å². The van der Waals surface area contributed by atoms with Crippen LogP contribution < -0.4 is 14.8 Å². The number of nitriles is 1. The van der Waals surface area contributed by atoms with E-state index in [1.165, 1.54) is 0 Å². The topological polar surface area (TPSA) is 74.6 Å². The summed E-state index contributed by atoms with van der Waals surface area (Å²) in [6.45, 7) is 1.74. The number of hydrogen-bond acceptors (Lipinski definition) is 5. The summed E-state index contributed by atoms with van der Waals surface area (Å²) in [4.78, 5) is 13.3. The van der Waals surface area contributed by atoms with Gasteiger partial charge >= 0.3 is 0 Å². The molecule has 0 radical (unpaired) electrons. The summed E-state index contributed by atoms with van der Waals surface area (Å²) >= 11 is 0. The van der Waals surface area contributed by atoms with E-state index < -0.39 is 0 Å². The predicted molar refractivity (Wildman–Crippen MR) is 79.1 cm³/mol. The number of nitrogens with one attached hydrogen (secondary N) is 1. The summed E-state index contributed by atoms with van der Waals surface area (Å²) in [5.41, 5.74) is 0.887. The van der Waals surface area contributed by atoms with Crippen molar-refractivity contribution >= 4 is 5.91 Å². The molecule has 0 saturated heterocycles. The van der Waals surface area contributed by atoms with Crippen LogP contribution in [0.1, 0.15) is 12.0 Å². The molecule has 6 nitrogen and oxygen atoms in total. The van der Waals surface area contributed by atoms with Crippen molar-refractivity contribution in [3.05, 3.63) is 23.8 Å². The zero-order valence-electron chi connectivity index (χ0n) is 12.7. The van der Waals surface area contributed by atoms with E-state index in [1.807, 2.05) is 37.2 Å². The normalized spacial score (nSPS) is 10.0. The fourth-order valence-corrected chi connectivity index (χ4v) is 1.61. The highest BCUT2D eigenvalue weighted by atomic mass is 16.5. The van der Waals surface area contributed by atoms with Gasteiger partial charge in [-0.25, -0.2) is 0 Å². The van der Waals surface area contributed by atoms with E-state index in [0.29, 0.717) is 24.7 Å². The van der Waals surface area contributed by atoms with Gasteiger partial charge in [0.1, 0.15) is 13.0 Å². The monoisotopic (exact) mass is 291 g/mol. The van der Waals surface area contributed by atoms with Gasteiger partial charge in [0.2, 0.25) is 5.91 Å². The molecule has 0 bridgehead atoms. The SMILES string of the molecule is COc1cc(CNC(=O)CC#N)ccc1OCCN(C)C. The first-order valence-electron chi connectivity index (χ1n) is 6.65. The van der Waals surface area contributed by atoms with Crippen LogP contribution in [0.15, 0.2) is 18.2 Å². The molecule has 0 fully saturated rings. The minimum Gasteiger partial charge on any atom is -0.493 e. The van der Waals surface area contributed by atoms with Crippen molar-refractivity contribution < 1.29 is 14.3 Å². The molecule has 0 atom stereocenters. The number of nitrogens with zero attached hydrogens (tertiary/aromatic N) is 2. The molecule has 0 aliphatic rings. The van der Waals surface area contributed by atoms with Crippen LogP contribution in [-0.4, -0.2) is 45.2 Å². The minimum atomic E-state index is -0.289. The lowest BCUT2D eigenvalue weighted by Gasteiger charge is -2.14. The number of likely N-dealkylation sites (N-methyl/N-ethyl adjacent to an activating group) is 1. The van der Waals surface area contributed by atoms with Crippen LogP contribution in [0.4, 0.5) is 0 Å². The van der Waals surface area contributed by atoms with Gasteiger partial charge in [0.15, 0.2) is 11.5 Å². The Balaban J connectivity index is 2.61. The second-order valence-electron chi connectivity index (χ2n) is 4.75. The Bertz CT molecular complexity index is 509. The van der Waals surface area contributed by atoms with Gasteiger partial charge in [0.05, 0.1) is 13.2 Å². The standard InChI is InChI=1S/C15H21N3O3/c1-18(2)8-9-21-13-5-4-12(10-14(13)20-3)11-17-15(19)6-7-16/h4-5,10H,6,8-9,11H2,1-3H3,(H,17,19). The molecular formula is C15H21N3O3. The number of benzene rings is 1. The molecule has 1 aromatic rings. The number of hydrogen-bond donors (Lipinski definition) is 1. The average molecular weight is 291 g/mol. The molecular weight excluding hydrogens is 270 g/mol. The molecule has 1 N–H and O–H groups in total. The Morgan fingerprint density at radius 2 is 2.14 bits per heavy atom. The molecule has 0 saturated carbocycles. The Hall–Kier alpha value is -2.26. The maximum atomic E-state index is 11.2. The van der Waals surface area contributed by atoms with E-state index in [0.717, 1.165) is 12.1 Å². The third kappa shape index (κ3) is 6.15. The highest BCUT2D eigenvalue weighted by molar-refractivity contribution is 5.77. The van der Waals surface area contributed by atoms with Gasteiger partial charge in [-0.2, -0.15) is 5.26 Å². The average Bonchev–Trinajstić information content (AvgIpc) is 2.46. The molecule has 21 heavy (non-hydrogen) atoms. The molecule has 114 valence electrons. The fourth-order valence-electron chi connectivity index (χ4n) is 1.61. The van der Waals surface area contributed by atoms with Crippen molar-refractivity contribution in [1.29, 1.82) is 5.26 Å². The third-order valence-electron chi connectivity index (χ3n) is 2.75. The lowest BCUT2D eigenvalue weighted by Crippen LogP contribution is -2.22. The molecule has 0 aliphatic carbocycles. The van der Waals surface area contributed by atoms with E-state index in [4.69, 9.17) is 14.7 Å². The highest BCUT2D eigenvalue weighted by Crippen LogP contribution is 2.28. The maximum absolute atomic E-state index is 11.2. The second kappa shape index (κ2) is 8.82. The lowest BCUT2D eigenvalue weighted by atomic mass is 10.2. The summed E-state index contributed by atoms with van der Waals surface area (Å²) in [5.74, 6) is 1.01. The van der Waals surface area contributed by atoms with Crippen molar-refractivity contribution in [3.8, 4) is 17.6 Å². The summed E-state index contributed by atoms with van der Waals surface area (Å²) in [6, 6.07) is 7.31. The van der Waals surface area contributed by atoms with Crippen molar-refractivity contribution in [2.75, 3.05) is 34.4 Å². The van der Waals surface area contributed by atoms with E-state index in [2.05, 4.69) is 5.32 Å². The smallest absolute Gasteiger partial charge is 0.234 e. The fraction of sp³-hybridized carbons (Fsp3) is 0.467. The largest absolute Gasteiger partial charge is 0.493 e. The molecule has 1 aromatic carbocycles. The van der Waals surface area contributed by atoms with E-state index >= 15 is 0 Å². The Kier molecular flexibility index (Phi) is 7.05. The summed E-state index contributed by atoms with van der Waals surface area (Å²) < 4.78 is 11.0. The highest BCUT2D eigenvalue weighted by Gasteiger charge is 2.07. The lowest BCUT2D eigenvalue weighted by molar-refractivity contribution is -0.120. The van der Waals surface area contributed by atoms with Crippen LogP contribution in [0.25, 0.3) is 0 Å². The quantitative estimate of drug-likeness (QED) is 0.778. The van der Waals surface area contributed by atoms with Crippen LogP contribution >= 0.6 is 0 Å². The second-order valence-corrected chi connectivity index (χ2v) is 4.75. The van der Waals surface area contributed by atoms with E-state index in [9.17, 15) is 4.79 Å². The molecule has 0 spiro atoms. The Morgan fingerprint density at radius 1 is 1.38 bits per heavy atom. The van der Waals surface area contributed by atoms with Crippen LogP contribution in [0.3, 0.4) is 0 Å². The third-order valence-corrected chi connectivity index (χ3v) is 2.75. The van der Waals surface area contributed by atoms with Gasteiger partial charge in [0, 0.05) is 13.1 Å². The first-order chi connectivity index (χ1) is 10.1. The molecule has 1 rings (SSSR count). The number of amides is 1. The molecule has 0 unspecified atom stereocenters. The maximum Gasteiger partial charge on any atom is 0.234 e. The van der Waals surface area contributed by atoms with Crippen molar-refractivity contribution in [2.24, 2.45) is 0 Å². The van der Waals surface area contributed by atoms with Crippen molar-refractivity contribution in [1.82, 2.24) is 10.2 Å². The van der Waals surface area contributed by atoms with Crippen LogP contribution in [0.2, 0.25) is 0 Å². The van der Waals surface area contributed by atoms with Crippen molar-refractivity contribution in [2.45, 2.75) is 13.0 Å². The van der Waals surface area contributed by atoms with Crippen LogP contribution in [0.5, 0.6) is 11.5 Å². The Morgan fingerprint density at radius 3 is 2.76 bits per heavy atom. The number of ether oxygens (including phenoxy) is 2. The molecule has 0 aromatic heterocycles. The number of methoxy groups -OCH3 is 1. The van der Waals surface area contributed by atoms with Gasteiger partial charge < -0.3 is 19.7 Å². The zero-order chi connectivity index (χ0) is 15.7. The number of carbonyl (C=O) groups is 1. The zero-order valence-corrected chi connectivity index (χ0v) is 12.7. The first kappa shape index (κ1) is 16.8. The molecule has 0 heterocycles. The van der Waals surface area contributed by atoms with Gasteiger partial charge in [-0.05, 0) is 31.8 Å². The van der Waals surface area contributed by atoms with E-state index in [1.54, 1.807) is 13.2 Å². The number of rotatable bonds is 8. The number of carbonyl (C=O) groups excluding carboxylic acids is 1. The summed E-state index contributed by atoms with van der Waals surface area (Å²) in [7, 11) is 5.54. The first-order valence-corrected chi connectivity index (χ1v) is 6.65. The molecule has 1 amide bonds. The minimum absolute atomic E-state index is 0.136. The summed E-state index contributed by atoms with van der Waals surface area (Å²) in [5, 5.41) is 11.1. The van der Waals surface area contributed by atoms with Gasteiger partial charge in [-0.3, -0.25) is 4.79 Å². The van der Waals surface area contributed by atoms with Gasteiger partial charge in [-0.1, -0.05) is 6.07 Å². The molecule has 6 heteroatoms. The summed E-state index contributed by atoms with van der Waals surface area (Å²) in [6.07, 6.45) is -0.136.